The summed E-state index contributed by atoms with van der Waals surface area (Å²) in [6.45, 7) is 7.25. The maximum absolute atomic E-state index is 12.4. The third-order valence-corrected chi connectivity index (χ3v) is 6.36. The van der Waals surface area contributed by atoms with Gasteiger partial charge in [0.15, 0.2) is 0 Å². The molecule has 1 aliphatic heterocycles. The number of fused-ring (bicyclic) bond motifs is 1. The number of aromatic amines is 1. The van der Waals surface area contributed by atoms with E-state index in [4.69, 9.17) is 0 Å². The molecule has 0 bridgehead atoms. The van der Waals surface area contributed by atoms with E-state index >= 15 is 0 Å². The van der Waals surface area contributed by atoms with E-state index in [-0.39, 0.29) is 17.6 Å². The molecule has 0 unspecified atom stereocenters. The Morgan fingerprint density at radius 1 is 1.10 bits per heavy atom. The fraction of sp³-hybridized carbons (Fsp3) is 0.600. The van der Waals surface area contributed by atoms with Crippen LogP contribution in [0.25, 0.3) is 11.0 Å². The highest BCUT2D eigenvalue weighted by molar-refractivity contribution is 5.76. The lowest BCUT2D eigenvalue weighted by Crippen LogP contribution is -2.41. The summed E-state index contributed by atoms with van der Waals surface area (Å²) in [6.07, 6.45) is 12.8. The van der Waals surface area contributed by atoms with Gasteiger partial charge < -0.3 is 15.2 Å². The zero-order valence-corrected chi connectivity index (χ0v) is 18.8. The summed E-state index contributed by atoms with van der Waals surface area (Å²) in [5.74, 6) is 0.173. The Morgan fingerprint density at radius 3 is 2.58 bits per heavy atom. The van der Waals surface area contributed by atoms with Gasteiger partial charge in [0, 0.05) is 38.6 Å². The van der Waals surface area contributed by atoms with Crippen molar-refractivity contribution in [1.82, 2.24) is 19.8 Å². The van der Waals surface area contributed by atoms with Crippen molar-refractivity contribution in [3.63, 3.8) is 0 Å². The van der Waals surface area contributed by atoms with Gasteiger partial charge in [-0.1, -0.05) is 43.9 Å². The first-order valence-electron chi connectivity index (χ1n) is 12.0. The largest absolute Gasteiger partial charge is 0.355 e. The standard InChI is InChI=1S/C25H38N4O2/c1-2-3-4-5-6-7-8-9-14-24(30)26-17-20-28-18-15-21(16-19-28)29-23-13-11-10-12-22(23)27-25(29)31/h2,10-13,21H,1,3-9,14-20H2,(H,26,30)(H,27,31). The van der Waals surface area contributed by atoms with Gasteiger partial charge in [0.25, 0.3) is 0 Å². The molecule has 0 atom stereocenters. The fourth-order valence-corrected chi connectivity index (χ4v) is 4.56. The Balaban J connectivity index is 1.28. The predicted octanol–water partition coefficient (Wildman–Crippen LogP) is 4.39. The lowest BCUT2D eigenvalue weighted by molar-refractivity contribution is -0.121. The van der Waals surface area contributed by atoms with Crippen LogP contribution >= 0.6 is 0 Å². The summed E-state index contributed by atoms with van der Waals surface area (Å²) >= 11 is 0. The fourth-order valence-electron chi connectivity index (χ4n) is 4.56. The number of carbonyl (C=O) groups excluding carboxylic acids is 1. The number of rotatable bonds is 13. The number of hydrogen-bond donors (Lipinski definition) is 2. The first kappa shape index (κ1) is 23.3. The molecule has 1 saturated heterocycles. The van der Waals surface area contributed by atoms with Crippen molar-refractivity contribution in [2.45, 2.75) is 70.3 Å². The summed E-state index contributed by atoms with van der Waals surface area (Å²) in [4.78, 5) is 29.8. The molecule has 1 aromatic heterocycles. The topological polar surface area (TPSA) is 70.1 Å². The molecular formula is C25H38N4O2. The van der Waals surface area contributed by atoms with Crippen molar-refractivity contribution in [2.75, 3.05) is 26.2 Å². The van der Waals surface area contributed by atoms with Crippen LogP contribution in [0, 0.1) is 0 Å². The summed E-state index contributed by atoms with van der Waals surface area (Å²) < 4.78 is 1.92. The van der Waals surface area contributed by atoms with Crippen molar-refractivity contribution in [1.29, 1.82) is 0 Å². The molecule has 2 heterocycles. The Labute approximate surface area is 185 Å². The zero-order valence-electron chi connectivity index (χ0n) is 18.8. The van der Waals surface area contributed by atoms with E-state index in [1.807, 2.05) is 34.9 Å². The average molecular weight is 427 g/mol. The monoisotopic (exact) mass is 426 g/mol. The number of nitrogens with zero attached hydrogens (tertiary/aromatic N) is 2. The van der Waals surface area contributed by atoms with Crippen LogP contribution in [0.3, 0.4) is 0 Å². The molecule has 0 radical (unpaired) electrons. The molecule has 2 N–H and O–H groups in total. The smallest absolute Gasteiger partial charge is 0.326 e. The third kappa shape index (κ3) is 7.10. The first-order valence-corrected chi connectivity index (χ1v) is 12.0. The lowest BCUT2D eigenvalue weighted by atomic mass is 10.0. The second kappa shape index (κ2) is 12.5. The molecule has 0 aliphatic carbocycles. The highest BCUT2D eigenvalue weighted by atomic mass is 16.2. The molecule has 1 fully saturated rings. The van der Waals surface area contributed by atoms with Gasteiger partial charge in [0.2, 0.25) is 5.91 Å². The Bertz CT molecular complexity index is 877. The quantitative estimate of drug-likeness (QED) is 0.369. The molecule has 0 saturated carbocycles. The van der Waals surface area contributed by atoms with Crippen LogP contribution in [0.4, 0.5) is 0 Å². The summed E-state index contributed by atoms with van der Waals surface area (Å²) in [5, 5.41) is 3.07. The molecule has 170 valence electrons. The molecule has 31 heavy (non-hydrogen) atoms. The molecule has 1 amide bonds. The second-order valence-electron chi connectivity index (χ2n) is 8.69. The third-order valence-electron chi connectivity index (χ3n) is 6.36. The van der Waals surface area contributed by atoms with Gasteiger partial charge in [-0.2, -0.15) is 0 Å². The molecule has 1 aromatic carbocycles. The van der Waals surface area contributed by atoms with E-state index in [0.29, 0.717) is 13.0 Å². The molecule has 6 nitrogen and oxygen atoms in total. The Hall–Kier alpha value is -2.34. The maximum Gasteiger partial charge on any atom is 0.326 e. The van der Waals surface area contributed by atoms with Crippen molar-refractivity contribution >= 4 is 16.9 Å². The number of hydrogen-bond acceptors (Lipinski definition) is 3. The van der Waals surface area contributed by atoms with E-state index in [1.165, 1.54) is 25.7 Å². The summed E-state index contributed by atoms with van der Waals surface area (Å²) in [5.41, 5.74) is 1.89. The van der Waals surface area contributed by atoms with Crippen molar-refractivity contribution in [3.05, 3.63) is 47.4 Å². The van der Waals surface area contributed by atoms with E-state index in [9.17, 15) is 9.59 Å². The van der Waals surface area contributed by atoms with Crippen molar-refractivity contribution in [3.8, 4) is 0 Å². The van der Waals surface area contributed by atoms with Crippen LogP contribution < -0.4 is 11.0 Å². The maximum atomic E-state index is 12.4. The molecule has 1 aliphatic rings. The van der Waals surface area contributed by atoms with E-state index in [2.05, 4.69) is 21.8 Å². The normalized spacial score (nSPS) is 15.4. The number of para-hydroxylation sites is 2. The second-order valence-corrected chi connectivity index (χ2v) is 8.69. The molecular weight excluding hydrogens is 388 g/mol. The molecule has 2 aromatic rings. The molecule has 0 spiro atoms. The van der Waals surface area contributed by atoms with Crippen LogP contribution in [-0.4, -0.2) is 46.5 Å². The van der Waals surface area contributed by atoms with E-state index in [1.54, 1.807) is 0 Å². The van der Waals surface area contributed by atoms with Crippen molar-refractivity contribution < 1.29 is 4.79 Å². The number of carbonyl (C=O) groups is 1. The summed E-state index contributed by atoms with van der Waals surface area (Å²) in [7, 11) is 0. The van der Waals surface area contributed by atoms with Gasteiger partial charge in [-0.05, 0) is 44.2 Å². The number of piperidine rings is 1. The minimum absolute atomic E-state index is 0.0105. The number of aromatic nitrogens is 2. The van der Waals surface area contributed by atoms with Crippen molar-refractivity contribution in [2.24, 2.45) is 0 Å². The van der Waals surface area contributed by atoms with Crippen LogP contribution in [-0.2, 0) is 4.79 Å². The molecule has 3 rings (SSSR count). The van der Waals surface area contributed by atoms with E-state index < -0.39 is 0 Å². The van der Waals surface area contributed by atoms with Gasteiger partial charge >= 0.3 is 5.69 Å². The van der Waals surface area contributed by atoms with Gasteiger partial charge in [-0.15, -0.1) is 6.58 Å². The Kier molecular flexibility index (Phi) is 9.40. The zero-order chi connectivity index (χ0) is 21.9. The molecule has 6 heteroatoms. The number of H-pyrrole nitrogens is 1. The van der Waals surface area contributed by atoms with Gasteiger partial charge in [0.05, 0.1) is 11.0 Å². The number of allylic oxidation sites excluding steroid dienone is 1. The number of unbranched alkanes of at least 4 members (excludes halogenated alkanes) is 6. The summed E-state index contributed by atoms with van der Waals surface area (Å²) in [6, 6.07) is 8.14. The minimum atomic E-state index is -0.0105. The number of likely N-dealkylation sites (tertiary alicyclic amines) is 1. The van der Waals surface area contributed by atoms with Crippen LogP contribution in [0.2, 0.25) is 0 Å². The van der Waals surface area contributed by atoms with Gasteiger partial charge in [0.1, 0.15) is 0 Å². The Morgan fingerprint density at radius 2 is 1.81 bits per heavy atom. The number of nitrogens with one attached hydrogen (secondary N) is 2. The van der Waals surface area contributed by atoms with E-state index in [0.717, 1.165) is 62.8 Å². The number of benzene rings is 1. The van der Waals surface area contributed by atoms with Gasteiger partial charge in [-0.3, -0.25) is 9.36 Å². The number of imidazole rings is 1. The average Bonchev–Trinajstić information content (AvgIpc) is 3.12. The lowest BCUT2D eigenvalue weighted by Gasteiger charge is -2.32. The van der Waals surface area contributed by atoms with Crippen LogP contribution in [0.5, 0.6) is 0 Å². The predicted molar refractivity (Wildman–Crippen MR) is 127 cm³/mol. The SMILES string of the molecule is C=CCCCCCCCCC(=O)NCCN1CCC(n2c(=O)[nH]c3ccccc32)CC1. The van der Waals surface area contributed by atoms with Crippen LogP contribution in [0.15, 0.2) is 41.7 Å². The van der Waals surface area contributed by atoms with Crippen LogP contribution in [0.1, 0.15) is 70.3 Å². The highest BCUT2D eigenvalue weighted by Gasteiger charge is 2.23. The van der Waals surface area contributed by atoms with Gasteiger partial charge in [-0.25, -0.2) is 4.79 Å². The highest BCUT2D eigenvalue weighted by Crippen LogP contribution is 2.24. The first-order chi connectivity index (χ1) is 15.2. The minimum Gasteiger partial charge on any atom is -0.355 e. The number of amides is 1.